The summed E-state index contributed by atoms with van der Waals surface area (Å²) < 4.78 is 50.9. The van der Waals surface area contributed by atoms with Crippen molar-refractivity contribution in [1.82, 2.24) is 0 Å². The molecule has 24 heavy (non-hydrogen) atoms. The van der Waals surface area contributed by atoms with Gasteiger partial charge in [-0.15, -0.1) is 0 Å². The van der Waals surface area contributed by atoms with Gasteiger partial charge in [0, 0.05) is 6.20 Å². The third kappa shape index (κ3) is 3.03. The van der Waals surface area contributed by atoms with Gasteiger partial charge in [-0.1, -0.05) is 6.08 Å². The van der Waals surface area contributed by atoms with Crippen LogP contribution in [-0.4, -0.2) is 26.2 Å². The van der Waals surface area contributed by atoms with Crippen molar-refractivity contribution in [3.05, 3.63) is 65.3 Å². The molecule has 0 amide bonds. The number of anilines is 1. The predicted octanol–water partition coefficient (Wildman–Crippen LogP) is 2.59. The van der Waals surface area contributed by atoms with E-state index in [-0.39, 0.29) is 5.57 Å². The molecule has 0 spiro atoms. The lowest BCUT2D eigenvalue weighted by Gasteiger charge is -2.23. The van der Waals surface area contributed by atoms with Crippen LogP contribution in [0.2, 0.25) is 0 Å². The molecule has 8 heteroatoms. The van der Waals surface area contributed by atoms with E-state index in [1.54, 1.807) is 0 Å². The molecule has 1 aliphatic rings. The Morgan fingerprint density at radius 1 is 0.958 bits per heavy atom. The van der Waals surface area contributed by atoms with Gasteiger partial charge in [0.15, 0.2) is 11.6 Å². The van der Waals surface area contributed by atoms with Gasteiger partial charge in [-0.05, 0) is 24.3 Å². The van der Waals surface area contributed by atoms with Crippen LogP contribution in [0.25, 0.3) is 0 Å². The number of benzene rings is 1. The average molecular weight is 339 g/mol. The van der Waals surface area contributed by atoms with E-state index >= 15 is 0 Å². The third-order valence-electron chi connectivity index (χ3n) is 3.15. The first-order chi connectivity index (χ1) is 11.4. The van der Waals surface area contributed by atoms with Crippen LogP contribution in [0.1, 0.15) is 0 Å². The number of hydrogen-bond donors (Lipinski definition) is 0. The van der Waals surface area contributed by atoms with E-state index in [9.17, 15) is 22.8 Å². The van der Waals surface area contributed by atoms with Gasteiger partial charge in [0.05, 0.1) is 19.8 Å². The highest BCUT2D eigenvalue weighted by molar-refractivity contribution is 6.05. The summed E-state index contributed by atoms with van der Waals surface area (Å²) in [7, 11) is 2.10. The van der Waals surface area contributed by atoms with Gasteiger partial charge in [0.1, 0.15) is 17.2 Å². The Morgan fingerprint density at radius 2 is 1.58 bits per heavy atom. The molecule has 0 saturated heterocycles. The number of methoxy groups -OCH3 is 2. The SMILES string of the molecule is COC(=O)C1=C(C(=O)OC)N(c2c(F)ccc(F)c2F)C=CC=C1. The molecule has 1 aliphatic heterocycles. The Labute approximate surface area is 135 Å². The van der Waals surface area contributed by atoms with Crippen molar-refractivity contribution < 1.29 is 32.2 Å². The highest BCUT2D eigenvalue weighted by atomic mass is 19.2. The van der Waals surface area contributed by atoms with Gasteiger partial charge in [0.25, 0.3) is 0 Å². The highest BCUT2D eigenvalue weighted by Gasteiger charge is 2.31. The maximum atomic E-state index is 14.1. The molecule has 1 aromatic rings. The van der Waals surface area contributed by atoms with Crippen LogP contribution >= 0.6 is 0 Å². The summed E-state index contributed by atoms with van der Waals surface area (Å²) in [6.07, 6.45) is 4.97. The molecule has 0 aromatic heterocycles. The Morgan fingerprint density at radius 3 is 2.21 bits per heavy atom. The molecular weight excluding hydrogens is 327 g/mol. The quantitative estimate of drug-likeness (QED) is 0.626. The normalized spacial score (nSPS) is 13.8. The van der Waals surface area contributed by atoms with Crippen molar-refractivity contribution >= 4 is 17.6 Å². The maximum Gasteiger partial charge on any atom is 0.355 e. The molecule has 0 saturated carbocycles. The van der Waals surface area contributed by atoms with Crippen LogP contribution in [0, 0.1) is 17.5 Å². The Balaban J connectivity index is 2.78. The van der Waals surface area contributed by atoms with Crippen molar-refractivity contribution in [2.24, 2.45) is 0 Å². The van der Waals surface area contributed by atoms with Crippen molar-refractivity contribution in [3.63, 3.8) is 0 Å². The fraction of sp³-hybridized carbons (Fsp3) is 0.125. The van der Waals surface area contributed by atoms with Gasteiger partial charge in [0.2, 0.25) is 0 Å². The zero-order valence-corrected chi connectivity index (χ0v) is 12.7. The minimum Gasteiger partial charge on any atom is -0.465 e. The lowest BCUT2D eigenvalue weighted by molar-refractivity contribution is -0.139. The van der Waals surface area contributed by atoms with Crippen LogP contribution in [0.15, 0.2) is 47.8 Å². The van der Waals surface area contributed by atoms with E-state index in [0.29, 0.717) is 17.0 Å². The number of esters is 2. The number of allylic oxidation sites excluding steroid dienone is 2. The smallest absolute Gasteiger partial charge is 0.355 e. The summed E-state index contributed by atoms with van der Waals surface area (Å²) in [5.74, 6) is -5.97. The molecule has 5 nitrogen and oxygen atoms in total. The summed E-state index contributed by atoms with van der Waals surface area (Å²) in [4.78, 5) is 24.7. The lowest BCUT2D eigenvalue weighted by Crippen LogP contribution is -2.28. The average Bonchev–Trinajstić information content (AvgIpc) is 2.80. The summed E-state index contributed by atoms with van der Waals surface area (Å²) >= 11 is 0. The van der Waals surface area contributed by atoms with Gasteiger partial charge in [-0.3, -0.25) is 0 Å². The number of halogens is 3. The van der Waals surface area contributed by atoms with E-state index in [4.69, 9.17) is 0 Å². The van der Waals surface area contributed by atoms with Crippen molar-refractivity contribution in [2.75, 3.05) is 19.1 Å². The Kier molecular flexibility index (Phi) is 5.08. The molecule has 0 atom stereocenters. The van der Waals surface area contributed by atoms with Crippen molar-refractivity contribution in [1.29, 1.82) is 0 Å². The molecule has 1 aromatic carbocycles. The molecule has 0 N–H and O–H groups in total. The van der Waals surface area contributed by atoms with E-state index in [2.05, 4.69) is 9.47 Å². The van der Waals surface area contributed by atoms with Crippen LogP contribution in [0.4, 0.5) is 18.9 Å². The van der Waals surface area contributed by atoms with E-state index in [0.717, 1.165) is 20.4 Å². The van der Waals surface area contributed by atoms with E-state index in [1.165, 1.54) is 18.2 Å². The summed E-state index contributed by atoms with van der Waals surface area (Å²) in [5.41, 5.74) is -1.69. The second-order valence-electron chi connectivity index (χ2n) is 4.51. The Hall–Kier alpha value is -3.03. The lowest BCUT2D eigenvalue weighted by atomic mass is 10.1. The van der Waals surface area contributed by atoms with Crippen LogP contribution in [0.5, 0.6) is 0 Å². The largest absolute Gasteiger partial charge is 0.465 e. The molecule has 1 heterocycles. The first-order valence-electron chi connectivity index (χ1n) is 6.60. The maximum absolute atomic E-state index is 14.1. The predicted molar refractivity (Wildman–Crippen MR) is 78.1 cm³/mol. The van der Waals surface area contributed by atoms with Crippen LogP contribution in [-0.2, 0) is 19.1 Å². The first kappa shape index (κ1) is 17.3. The van der Waals surface area contributed by atoms with Crippen molar-refractivity contribution in [2.45, 2.75) is 0 Å². The fourth-order valence-corrected chi connectivity index (χ4v) is 2.07. The topological polar surface area (TPSA) is 55.8 Å². The third-order valence-corrected chi connectivity index (χ3v) is 3.15. The molecule has 0 aliphatic carbocycles. The highest BCUT2D eigenvalue weighted by Crippen LogP contribution is 2.31. The molecule has 0 radical (unpaired) electrons. The molecule has 2 rings (SSSR count). The fourth-order valence-electron chi connectivity index (χ4n) is 2.07. The number of nitrogens with zero attached hydrogens (tertiary/aromatic N) is 1. The molecule has 0 bridgehead atoms. The Bertz CT molecular complexity index is 784. The van der Waals surface area contributed by atoms with Gasteiger partial charge in [-0.2, -0.15) is 0 Å². The van der Waals surface area contributed by atoms with Crippen LogP contribution in [0.3, 0.4) is 0 Å². The van der Waals surface area contributed by atoms with E-state index in [1.807, 2.05) is 0 Å². The second kappa shape index (κ2) is 7.03. The van der Waals surface area contributed by atoms with Crippen molar-refractivity contribution in [3.8, 4) is 0 Å². The standard InChI is InChI=1S/C16H12F3NO4/c1-23-15(21)9-5-3-4-8-20(13(9)16(22)24-2)14-11(18)7-6-10(17)12(14)19/h3-8H,1-2H3. The number of carbonyl (C=O) groups excluding carboxylic acids is 2. The molecule has 126 valence electrons. The number of ether oxygens (including phenoxy) is 2. The number of hydrogen-bond acceptors (Lipinski definition) is 5. The van der Waals surface area contributed by atoms with Gasteiger partial charge < -0.3 is 14.4 Å². The number of rotatable bonds is 3. The minimum atomic E-state index is -1.52. The summed E-state index contributed by atoms with van der Waals surface area (Å²) in [6, 6.07) is 1.31. The minimum absolute atomic E-state index is 0.308. The van der Waals surface area contributed by atoms with E-state index < -0.39 is 40.8 Å². The monoisotopic (exact) mass is 339 g/mol. The van der Waals surface area contributed by atoms with Gasteiger partial charge >= 0.3 is 11.9 Å². The molecular formula is C16H12F3NO4. The summed E-state index contributed by atoms with van der Waals surface area (Å²) in [5, 5.41) is 0. The van der Waals surface area contributed by atoms with Gasteiger partial charge in [-0.25, -0.2) is 22.8 Å². The number of carbonyl (C=O) groups is 2. The first-order valence-corrected chi connectivity index (χ1v) is 6.60. The zero-order chi connectivity index (χ0) is 17.9. The molecule has 0 unspecified atom stereocenters. The second-order valence-corrected chi connectivity index (χ2v) is 4.51. The molecule has 0 fully saturated rings. The van der Waals surface area contributed by atoms with Crippen LogP contribution < -0.4 is 4.90 Å². The zero-order valence-electron chi connectivity index (χ0n) is 12.7. The summed E-state index contributed by atoms with van der Waals surface area (Å²) in [6.45, 7) is 0.